The first-order chi connectivity index (χ1) is 12.3. The third-order valence-electron chi connectivity index (χ3n) is 4.64. The Morgan fingerprint density at radius 2 is 1.96 bits per heavy atom. The van der Waals surface area contributed by atoms with Gasteiger partial charge in [0.15, 0.2) is 0 Å². The van der Waals surface area contributed by atoms with Gasteiger partial charge >= 0.3 is 0 Å². The number of piperidine rings is 1. The standard InChI is InChI=1S/C20H27N3O2/c1-2-25-20-4-3-19(13-17(20)15-24)22-18-7-11-23(12-8-18)14-16-5-9-21-10-6-16/h3-6,9-10,13,18,22,24H,2,7-8,11-12,14-15H2,1H3. The van der Waals surface area contributed by atoms with Crippen molar-refractivity contribution in [3.63, 3.8) is 0 Å². The summed E-state index contributed by atoms with van der Waals surface area (Å²) in [6.45, 7) is 5.72. The Morgan fingerprint density at radius 3 is 2.64 bits per heavy atom. The molecule has 0 aliphatic carbocycles. The lowest BCUT2D eigenvalue weighted by atomic mass is 10.0. The van der Waals surface area contributed by atoms with Crippen LogP contribution in [-0.4, -0.2) is 40.7 Å². The molecule has 2 heterocycles. The van der Waals surface area contributed by atoms with E-state index in [9.17, 15) is 5.11 Å². The number of rotatable bonds is 7. The number of pyridine rings is 1. The van der Waals surface area contributed by atoms with Gasteiger partial charge in [-0.1, -0.05) is 0 Å². The zero-order chi connectivity index (χ0) is 17.5. The predicted octanol–water partition coefficient (Wildman–Crippen LogP) is 3.05. The molecular weight excluding hydrogens is 314 g/mol. The Hall–Kier alpha value is -2.11. The second kappa shape index (κ2) is 8.83. The lowest BCUT2D eigenvalue weighted by Crippen LogP contribution is -2.38. The molecular formula is C20H27N3O2. The molecule has 1 saturated heterocycles. The first-order valence-corrected chi connectivity index (χ1v) is 9.03. The third-order valence-corrected chi connectivity index (χ3v) is 4.64. The second-order valence-electron chi connectivity index (χ2n) is 6.46. The van der Waals surface area contributed by atoms with Gasteiger partial charge in [0.05, 0.1) is 13.2 Å². The van der Waals surface area contributed by atoms with Crippen LogP contribution in [0.1, 0.15) is 30.9 Å². The fourth-order valence-corrected chi connectivity index (χ4v) is 3.31. The van der Waals surface area contributed by atoms with Gasteiger partial charge in [-0.2, -0.15) is 0 Å². The Bertz CT molecular complexity index is 655. The minimum absolute atomic E-state index is 0.00473. The molecule has 0 atom stereocenters. The zero-order valence-corrected chi connectivity index (χ0v) is 14.8. The molecule has 1 aromatic heterocycles. The molecule has 0 saturated carbocycles. The summed E-state index contributed by atoms with van der Waals surface area (Å²) in [6.07, 6.45) is 5.95. The van der Waals surface area contributed by atoms with Crippen molar-refractivity contribution in [1.82, 2.24) is 9.88 Å². The molecule has 3 rings (SSSR count). The van der Waals surface area contributed by atoms with Crippen LogP contribution in [0.15, 0.2) is 42.7 Å². The van der Waals surface area contributed by atoms with Crippen molar-refractivity contribution in [1.29, 1.82) is 0 Å². The summed E-state index contributed by atoms with van der Waals surface area (Å²) in [4.78, 5) is 6.56. The highest BCUT2D eigenvalue weighted by Gasteiger charge is 2.19. The number of likely N-dealkylation sites (tertiary alicyclic amines) is 1. The van der Waals surface area contributed by atoms with E-state index in [0.717, 1.165) is 49.5 Å². The van der Waals surface area contributed by atoms with Crippen LogP contribution in [0.2, 0.25) is 0 Å². The van der Waals surface area contributed by atoms with Gasteiger partial charge < -0.3 is 15.2 Å². The summed E-state index contributed by atoms with van der Waals surface area (Å²) < 4.78 is 5.54. The van der Waals surface area contributed by atoms with Crippen LogP contribution < -0.4 is 10.1 Å². The van der Waals surface area contributed by atoms with E-state index in [0.29, 0.717) is 12.6 Å². The fraction of sp³-hybridized carbons (Fsp3) is 0.450. The average molecular weight is 341 g/mol. The minimum Gasteiger partial charge on any atom is -0.494 e. The summed E-state index contributed by atoms with van der Waals surface area (Å²) in [5.41, 5.74) is 3.21. The number of benzene rings is 1. The summed E-state index contributed by atoms with van der Waals surface area (Å²) in [5.74, 6) is 0.766. The topological polar surface area (TPSA) is 57.6 Å². The van der Waals surface area contributed by atoms with Gasteiger partial charge in [-0.3, -0.25) is 9.88 Å². The maximum Gasteiger partial charge on any atom is 0.124 e. The van der Waals surface area contributed by atoms with E-state index in [2.05, 4.69) is 27.3 Å². The first-order valence-electron chi connectivity index (χ1n) is 9.03. The SMILES string of the molecule is CCOc1ccc(NC2CCN(Cc3ccncc3)CC2)cc1CO. The van der Waals surface area contributed by atoms with E-state index >= 15 is 0 Å². The Labute approximate surface area is 149 Å². The summed E-state index contributed by atoms with van der Waals surface area (Å²) in [5, 5.41) is 13.1. The van der Waals surface area contributed by atoms with E-state index in [1.54, 1.807) is 0 Å². The minimum atomic E-state index is -0.00473. The molecule has 2 aromatic rings. The van der Waals surface area contributed by atoms with Crippen LogP contribution >= 0.6 is 0 Å². The number of nitrogens with zero attached hydrogens (tertiary/aromatic N) is 2. The van der Waals surface area contributed by atoms with E-state index in [4.69, 9.17) is 4.74 Å². The van der Waals surface area contributed by atoms with Crippen molar-refractivity contribution >= 4 is 5.69 Å². The largest absolute Gasteiger partial charge is 0.494 e. The first kappa shape index (κ1) is 17.7. The van der Waals surface area contributed by atoms with E-state index < -0.39 is 0 Å². The van der Waals surface area contributed by atoms with Crippen molar-refractivity contribution < 1.29 is 9.84 Å². The molecule has 0 unspecified atom stereocenters. The molecule has 1 aliphatic rings. The number of aliphatic hydroxyl groups is 1. The second-order valence-corrected chi connectivity index (χ2v) is 6.46. The number of aliphatic hydroxyl groups excluding tert-OH is 1. The van der Waals surface area contributed by atoms with Crippen molar-refractivity contribution in [2.24, 2.45) is 0 Å². The van der Waals surface area contributed by atoms with Gasteiger partial charge in [-0.15, -0.1) is 0 Å². The predicted molar refractivity (Wildman–Crippen MR) is 99.7 cm³/mol. The molecule has 0 bridgehead atoms. The average Bonchev–Trinajstić information content (AvgIpc) is 2.65. The number of aromatic nitrogens is 1. The van der Waals surface area contributed by atoms with Crippen molar-refractivity contribution in [3.05, 3.63) is 53.9 Å². The van der Waals surface area contributed by atoms with Crippen LogP contribution in [0, 0.1) is 0 Å². The monoisotopic (exact) mass is 341 g/mol. The molecule has 134 valence electrons. The molecule has 5 nitrogen and oxygen atoms in total. The van der Waals surface area contributed by atoms with Crippen LogP contribution in [0.25, 0.3) is 0 Å². The van der Waals surface area contributed by atoms with Crippen LogP contribution in [0.5, 0.6) is 5.75 Å². The Kier molecular flexibility index (Phi) is 6.25. The number of anilines is 1. The Morgan fingerprint density at radius 1 is 1.20 bits per heavy atom. The van der Waals surface area contributed by atoms with E-state index in [1.165, 1.54) is 5.56 Å². The third kappa shape index (κ3) is 4.94. The quantitative estimate of drug-likeness (QED) is 0.811. The van der Waals surface area contributed by atoms with Gasteiger partial charge in [0.25, 0.3) is 0 Å². The fourth-order valence-electron chi connectivity index (χ4n) is 3.31. The highest BCUT2D eigenvalue weighted by Crippen LogP contribution is 2.25. The van der Waals surface area contributed by atoms with Crippen LogP contribution in [0.4, 0.5) is 5.69 Å². The molecule has 1 aromatic carbocycles. The van der Waals surface area contributed by atoms with Gasteiger partial charge in [-0.05, 0) is 55.7 Å². The maximum absolute atomic E-state index is 9.53. The zero-order valence-electron chi connectivity index (χ0n) is 14.8. The summed E-state index contributed by atoms with van der Waals surface area (Å²) in [6, 6.07) is 10.6. The molecule has 1 aliphatic heterocycles. The van der Waals surface area contributed by atoms with E-state index in [-0.39, 0.29) is 6.61 Å². The molecule has 1 fully saturated rings. The lowest BCUT2D eigenvalue weighted by molar-refractivity contribution is 0.211. The molecule has 0 amide bonds. The smallest absolute Gasteiger partial charge is 0.124 e. The number of nitrogens with one attached hydrogen (secondary N) is 1. The summed E-state index contributed by atoms with van der Waals surface area (Å²) >= 11 is 0. The van der Waals surface area contributed by atoms with Gasteiger partial charge in [0, 0.05) is 49.3 Å². The van der Waals surface area contributed by atoms with Crippen molar-refractivity contribution in [3.8, 4) is 5.75 Å². The highest BCUT2D eigenvalue weighted by molar-refractivity contribution is 5.51. The van der Waals surface area contributed by atoms with Crippen LogP contribution in [0.3, 0.4) is 0 Å². The molecule has 25 heavy (non-hydrogen) atoms. The van der Waals surface area contributed by atoms with Crippen molar-refractivity contribution in [2.75, 3.05) is 25.0 Å². The normalized spacial score (nSPS) is 15.9. The van der Waals surface area contributed by atoms with Gasteiger partial charge in [-0.25, -0.2) is 0 Å². The van der Waals surface area contributed by atoms with Crippen LogP contribution in [-0.2, 0) is 13.2 Å². The summed E-state index contributed by atoms with van der Waals surface area (Å²) in [7, 11) is 0. The van der Waals surface area contributed by atoms with Crippen molar-refractivity contribution in [2.45, 2.75) is 39.0 Å². The molecule has 0 spiro atoms. The molecule has 2 N–H and O–H groups in total. The molecule has 5 heteroatoms. The van der Waals surface area contributed by atoms with E-state index in [1.807, 2.05) is 37.5 Å². The maximum atomic E-state index is 9.53. The number of ether oxygens (including phenoxy) is 1. The highest BCUT2D eigenvalue weighted by atomic mass is 16.5. The number of hydrogen-bond donors (Lipinski definition) is 2. The van der Waals surface area contributed by atoms with Gasteiger partial charge in [0.1, 0.15) is 5.75 Å². The van der Waals surface area contributed by atoms with Gasteiger partial charge in [0.2, 0.25) is 0 Å². The Balaban J connectivity index is 1.52. The lowest BCUT2D eigenvalue weighted by Gasteiger charge is -2.33. The number of hydrogen-bond acceptors (Lipinski definition) is 5. The molecule has 0 radical (unpaired) electrons.